The summed E-state index contributed by atoms with van der Waals surface area (Å²) in [5.74, 6) is -1.06. The van der Waals surface area contributed by atoms with Crippen molar-refractivity contribution in [3.63, 3.8) is 0 Å². The number of sulfonamides is 1. The van der Waals surface area contributed by atoms with Gasteiger partial charge < -0.3 is 4.74 Å². The van der Waals surface area contributed by atoms with Gasteiger partial charge in [0.2, 0.25) is 0 Å². The Balaban J connectivity index is 1.76. The molecule has 4 aromatic rings. The van der Waals surface area contributed by atoms with Crippen molar-refractivity contribution in [3.8, 4) is 11.1 Å². The fraction of sp³-hybridized carbons (Fsp3) is 0.0870. The molecule has 0 bridgehead atoms. The number of thiophene rings is 1. The molecule has 0 aliphatic carbocycles. The average molecular weight is 456 g/mol. The number of esters is 1. The maximum atomic E-state index is 13.3. The fourth-order valence-electron chi connectivity index (χ4n) is 3.20. The van der Waals surface area contributed by atoms with E-state index >= 15 is 0 Å². The van der Waals surface area contributed by atoms with Crippen molar-refractivity contribution in [2.24, 2.45) is 0 Å². The third-order valence-corrected chi connectivity index (χ3v) is 7.06. The molecular weight excluding hydrogens is 437 g/mol. The van der Waals surface area contributed by atoms with Crippen LogP contribution in [-0.4, -0.2) is 21.0 Å². The Hall–Kier alpha value is -3.23. The average Bonchev–Trinajstić information content (AvgIpc) is 3.17. The molecule has 0 saturated heterocycles. The largest absolute Gasteiger partial charge is 0.462 e. The molecule has 0 radical (unpaired) electrons. The maximum absolute atomic E-state index is 13.3. The second-order valence-corrected chi connectivity index (χ2v) is 9.26. The molecule has 0 atom stereocenters. The van der Waals surface area contributed by atoms with Crippen LogP contribution in [0.1, 0.15) is 17.3 Å². The lowest BCUT2D eigenvalue weighted by molar-refractivity contribution is 0.0529. The summed E-state index contributed by atoms with van der Waals surface area (Å²) in [4.78, 5) is 12.7. The normalized spacial score (nSPS) is 11.4. The molecule has 8 heteroatoms. The molecular formula is C23H18FNO4S2. The molecule has 0 fully saturated rings. The van der Waals surface area contributed by atoms with Gasteiger partial charge in [0.05, 0.1) is 11.5 Å². The number of carbonyl (C=O) groups excluding carboxylic acids is 1. The number of anilines is 1. The SMILES string of the molecule is CCOC(=O)c1c(-c2ccc(F)cc2)csc1NS(=O)(=O)c1ccc2ccccc2c1. The highest BCUT2D eigenvalue weighted by molar-refractivity contribution is 7.93. The van der Waals surface area contributed by atoms with Crippen LogP contribution >= 0.6 is 11.3 Å². The summed E-state index contributed by atoms with van der Waals surface area (Å²) in [6, 6.07) is 17.9. The third kappa shape index (κ3) is 4.30. The number of fused-ring (bicyclic) bond motifs is 1. The van der Waals surface area contributed by atoms with Crippen LogP contribution < -0.4 is 4.72 Å². The lowest BCUT2D eigenvalue weighted by Crippen LogP contribution is -2.15. The molecule has 0 unspecified atom stereocenters. The number of carbonyl (C=O) groups is 1. The zero-order valence-electron chi connectivity index (χ0n) is 16.5. The van der Waals surface area contributed by atoms with Crippen LogP contribution in [0.5, 0.6) is 0 Å². The van der Waals surface area contributed by atoms with Crippen LogP contribution in [0.25, 0.3) is 21.9 Å². The smallest absolute Gasteiger partial charge is 0.341 e. The number of benzene rings is 3. The van der Waals surface area contributed by atoms with E-state index in [4.69, 9.17) is 4.74 Å². The second kappa shape index (κ2) is 8.49. The fourth-order valence-corrected chi connectivity index (χ4v) is 5.51. The Morgan fingerprint density at radius 1 is 1.03 bits per heavy atom. The van der Waals surface area contributed by atoms with Crippen LogP contribution in [0.15, 0.2) is 77.0 Å². The summed E-state index contributed by atoms with van der Waals surface area (Å²) >= 11 is 1.07. The zero-order valence-corrected chi connectivity index (χ0v) is 18.1. The molecule has 4 rings (SSSR count). The maximum Gasteiger partial charge on any atom is 0.341 e. The van der Waals surface area contributed by atoms with Crippen molar-refractivity contribution in [3.05, 3.63) is 83.5 Å². The highest BCUT2D eigenvalue weighted by Crippen LogP contribution is 2.37. The number of hydrogen-bond acceptors (Lipinski definition) is 5. The Labute approximate surface area is 183 Å². The Morgan fingerprint density at radius 3 is 2.45 bits per heavy atom. The first-order valence-electron chi connectivity index (χ1n) is 9.45. The highest BCUT2D eigenvalue weighted by atomic mass is 32.2. The van der Waals surface area contributed by atoms with Crippen LogP contribution in [0.2, 0.25) is 0 Å². The highest BCUT2D eigenvalue weighted by Gasteiger charge is 2.25. The topological polar surface area (TPSA) is 72.5 Å². The van der Waals surface area contributed by atoms with Crippen molar-refractivity contribution in [2.75, 3.05) is 11.3 Å². The predicted octanol–water partition coefficient (Wildman–Crippen LogP) is 5.68. The van der Waals surface area contributed by atoms with Gasteiger partial charge in [0.25, 0.3) is 10.0 Å². The van der Waals surface area contributed by atoms with Crippen molar-refractivity contribution in [2.45, 2.75) is 11.8 Å². The van der Waals surface area contributed by atoms with Crippen molar-refractivity contribution in [1.29, 1.82) is 0 Å². The number of halogens is 1. The molecule has 158 valence electrons. The quantitative estimate of drug-likeness (QED) is 0.380. The van der Waals surface area contributed by atoms with E-state index in [1.54, 1.807) is 24.4 Å². The zero-order chi connectivity index (χ0) is 22.0. The van der Waals surface area contributed by atoms with Crippen LogP contribution in [-0.2, 0) is 14.8 Å². The monoisotopic (exact) mass is 455 g/mol. The van der Waals surface area contributed by atoms with Crippen LogP contribution in [0, 0.1) is 5.82 Å². The molecule has 1 heterocycles. The van der Waals surface area contributed by atoms with E-state index in [1.807, 2.05) is 24.3 Å². The minimum Gasteiger partial charge on any atom is -0.462 e. The molecule has 0 amide bonds. The van der Waals surface area contributed by atoms with Crippen molar-refractivity contribution in [1.82, 2.24) is 0 Å². The molecule has 1 aromatic heterocycles. The summed E-state index contributed by atoms with van der Waals surface area (Å²) in [7, 11) is -3.96. The van der Waals surface area contributed by atoms with Gasteiger partial charge in [-0.25, -0.2) is 17.6 Å². The van der Waals surface area contributed by atoms with Crippen LogP contribution in [0.3, 0.4) is 0 Å². The van der Waals surface area contributed by atoms with E-state index in [-0.39, 0.29) is 22.1 Å². The minimum absolute atomic E-state index is 0.0812. The van der Waals surface area contributed by atoms with Gasteiger partial charge in [-0.05, 0) is 47.5 Å². The van der Waals surface area contributed by atoms with Gasteiger partial charge in [-0.1, -0.05) is 42.5 Å². The first-order chi connectivity index (χ1) is 14.9. The first kappa shape index (κ1) is 21.0. The third-order valence-electron chi connectivity index (χ3n) is 4.68. The lowest BCUT2D eigenvalue weighted by Gasteiger charge is -2.11. The first-order valence-corrected chi connectivity index (χ1v) is 11.8. The Bertz CT molecular complexity index is 1360. The molecule has 31 heavy (non-hydrogen) atoms. The molecule has 0 spiro atoms. The van der Waals surface area contributed by atoms with E-state index in [9.17, 15) is 17.6 Å². The van der Waals surface area contributed by atoms with E-state index in [0.717, 1.165) is 22.1 Å². The summed E-state index contributed by atoms with van der Waals surface area (Å²) < 4.78 is 47.1. The summed E-state index contributed by atoms with van der Waals surface area (Å²) in [6.45, 7) is 1.80. The molecule has 0 aliphatic heterocycles. The van der Waals surface area contributed by atoms with Gasteiger partial charge in [-0.2, -0.15) is 0 Å². The van der Waals surface area contributed by atoms with Gasteiger partial charge in [0.1, 0.15) is 16.4 Å². The summed E-state index contributed by atoms with van der Waals surface area (Å²) in [5.41, 5.74) is 1.15. The molecule has 1 N–H and O–H groups in total. The van der Waals surface area contributed by atoms with Crippen molar-refractivity contribution >= 4 is 43.1 Å². The summed E-state index contributed by atoms with van der Waals surface area (Å²) in [6.07, 6.45) is 0. The van der Waals surface area contributed by atoms with Crippen molar-refractivity contribution < 1.29 is 22.3 Å². The number of rotatable bonds is 6. The number of hydrogen-bond donors (Lipinski definition) is 1. The van der Waals surface area contributed by atoms with Gasteiger partial charge in [-0.15, -0.1) is 11.3 Å². The van der Waals surface area contributed by atoms with E-state index in [0.29, 0.717) is 11.1 Å². The number of ether oxygens (including phenoxy) is 1. The summed E-state index contributed by atoms with van der Waals surface area (Å²) in [5, 5.41) is 3.50. The molecule has 3 aromatic carbocycles. The van der Waals surface area contributed by atoms with Gasteiger partial charge in [0, 0.05) is 10.9 Å². The number of nitrogens with one attached hydrogen (secondary N) is 1. The second-order valence-electron chi connectivity index (χ2n) is 6.70. The van der Waals surface area contributed by atoms with E-state index in [1.165, 1.54) is 30.3 Å². The van der Waals surface area contributed by atoms with E-state index in [2.05, 4.69) is 4.72 Å². The van der Waals surface area contributed by atoms with E-state index < -0.39 is 21.8 Å². The molecule has 0 saturated carbocycles. The standard InChI is InChI=1S/C23H18FNO4S2/c1-2-29-23(26)21-20(16-7-10-18(24)11-8-16)14-30-22(21)25-31(27,28)19-12-9-15-5-3-4-6-17(15)13-19/h3-14,25H,2H2,1H3. The predicted molar refractivity (Wildman–Crippen MR) is 120 cm³/mol. The van der Waals surface area contributed by atoms with Gasteiger partial charge in [0.15, 0.2) is 0 Å². The lowest BCUT2D eigenvalue weighted by atomic mass is 10.0. The molecule has 0 aliphatic rings. The minimum atomic E-state index is -3.96. The molecule has 5 nitrogen and oxygen atoms in total. The Kier molecular flexibility index (Phi) is 5.75. The van der Waals surface area contributed by atoms with Gasteiger partial charge in [-0.3, -0.25) is 4.72 Å². The van der Waals surface area contributed by atoms with Crippen LogP contribution in [0.4, 0.5) is 9.39 Å². The van der Waals surface area contributed by atoms with Gasteiger partial charge >= 0.3 is 5.97 Å². The Morgan fingerprint density at radius 2 is 1.74 bits per heavy atom.